The molecule has 0 saturated carbocycles. The molecule has 0 saturated heterocycles. The van der Waals surface area contributed by atoms with Crippen molar-refractivity contribution in [3.05, 3.63) is 54.4 Å². The molecule has 0 unspecified atom stereocenters. The van der Waals surface area contributed by atoms with E-state index < -0.39 is 12.1 Å². The Morgan fingerprint density at radius 1 is 1.16 bits per heavy atom. The van der Waals surface area contributed by atoms with Crippen molar-refractivity contribution in [2.75, 3.05) is 50.2 Å². The normalized spacial score (nSPS) is 11.5. The van der Waals surface area contributed by atoms with E-state index in [9.17, 15) is 18.4 Å². The van der Waals surface area contributed by atoms with E-state index in [4.69, 9.17) is 5.73 Å². The zero-order valence-corrected chi connectivity index (χ0v) is 20.4. The van der Waals surface area contributed by atoms with Crippen LogP contribution in [0, 0.1) is 11.3 Å². The topological polar surface area (TPSA) is 119 Å². The molecule has 192 valence electrons. The van der Waals surface area contributed by atoms with E-state index in [1.165, 1.54) is 18.3 Å². The Bertz CT molecular complexity index is 1460. The molecule has 0 aliphatic carbocycles. The molecule has 0 spiro atoms. The van der Waals surface area contributed by atoms with Crippen LogP contribution in [-0.2, 0) is 0 Å². The van der Waals surface area contributed by atoms with Crippen molar-refractivity contribution in [3.63, 3.8) is 0 Å². The molecule has 2 aromatic heterocycles. The summed E-state index contributed by atoms with van der Waals surface area (Å²) in [5.41, 5.74) is 8.79. The van der Waals surface area contributed by atoms with Crippen molar-refractivity contribution in [3.8, 4) is 23.1 Å². The van der Waals surface area contributed by atoms with Gasteiger partial charge in [-0.25, -0.2) is 9.97 Å². The first-order valence-electron chi connectivity index (χ1n) is 11.2. The number of aromatic nitrogens is 3. The average Bonchev–Trinajstić information content (AvgIpc) is 3.27. The van der Waals surface area contributed by atoms with Gasteiger partial charge in [-0.2, -0.15) is 5.26 Å². The molecule has 4 rings (SSSR count). The molecule has 37 heavy (non-hydrogen) atoms. The number of benzene rings is 2. The number of para-hydroxylation sites is 1. The number of fused-ring (bicyclic) bond motifs is 1. The van der Waals surface area contributed by atoms with Crippen molar-refractivity contribution < 1.29 is 17.9 Å². The second-order valence-electron chi connectivity index (χ2n) is 8.62. The lowest BCUT2D eigenvalue weighted by molar-refractivity contribution is -0.274. The van der Waals surface area contributed by atoms with Crippen molar-refractivity contribution in [1.82, 2.24) is 19.9 Å². The summed E-state index contributed by atoms with van der Waals surface area (Å²) in [5, 5.41) is 13.2. The fraction of sp³-hybridized carbons (Fsp3) is 0.240. The smallest absolute Gasteiger partial charge is 0.403 e. The number of anilines is 4. The summed E-state index contributed by atoms with van der Waals surface area (Å²) in [6.07, 6.45) is -1.91. The lowest BCUT2D eigenvalue weighted by atomic mass is 10.1. The van der Waals surface area contributed by atoms with Crippen LogP contribution in [0.3, 0.4) is 0 Å². The Kier molecular flexibility index (Phi) is 7.08. The van der Waals surface area contributed by atoms with Crippen molar-refractivity contribution in [1.29, 1.82) is 5.26 Å². The van der Waals surface area contributed by atoms with Crippen LogP contribution in [0.5, 0.6) is 5.75 Å². The Balaban J connectivity index is 1.74. The molecule has 9 nitrogen and oxygen atoms in total. The Labute approximate surface area is 211 Å². The van der Waals surface area contributed by atoms with Crippen LogP contribution in [-0.4, -0.2) is 60.4 Å². The summed E-state index contributed by atoms with van der Waals surface area (Å²) in [4.78, 5) is 15.4. The number of nitrogen functional groups attached to an aromatic ring is 1. The van der Waals surface area contributed by atoms with E-state index in [1.54, 1.807) is 18.1 Å². The zero-order chi connectivity index (χ0) is 26.7. The van der Waals surface area contributed by atoms with Gasteiger partial charge in [0.25, 0.3) is 0 Å². The number of halogens is 3. The number of hydrogen-bond donors (Lipinski definition) is 3. The maximum absolute atomic E-state index is 13.3. The predicted octanol–water partition coefficient (Wildman–Crippen LogP) is 4.72. The molecule has 0 amide bonds. The quantitative estimate of drug-likeness (QED) is 0.292. The number of nitrogens with one attached hydrogen (secondary N) is 2. The highest BCUT2D eigenvalue weighted by molar-refractivity contribution is 5.95. The molecule has 4 aromatic rings. The molecule has 4 N–H and O–H groups in total. The molecular weight excluding hydrogens is 485 g/mol. The number of H-pyrrole nitrogens is 1. The third-order valence-corrected chi connectivity index (χ3v) is 5.65. The Morgan fingerprint density at radius 3 is 2.62 bits per heavy atom. The highest BCUT2D eigenvalue weighted by Gasteiger charge is 2.33. The third kappa shape index (κ3) is 5.84. The lowest BCUT2D eigenvalue weighted by Crippen LogP contribution is -2.29. The minimum Gasteiger partial charge on any atom is -0.403 e. The van der Waals surface area contributed by atoms with Crippen molar-refractivity contribution in [2.45, 2.75) is 6.36 Å². The Hall–Kier alpha value is -4.50. The largest absolute Gasteiger partial charge is 0.573 e. The van der Waals surface area contributed by atoms with Gasteiger partial charge in [-0.1, -0.05) is 18.2 Å². The second-order valence-corrected chi connectivity index (χ2v) is 8.62. The van der Waals surface area contributed by atoms with Gasteiger partial charge in [-0.05, 0) is 26.2 Å². The summed E-state index contributed by atoms with van der Waals surface area (Å²) >= 11 is 0. The van der Waals surface area contributed by atoms with Crippen molar-refractivity contribution >= 4 is 33.9 Å². The van der Waals surface area contributed by atoms with Gasteiger partial charge in [-0.15, -0.1) is 13.2 Å². The molecule has 2 heterocycles. The molecule has 0 fully saturated rings. The molecule has 2 aromatic carbocycles. The molecular formula is C25H25F3N8O. The molecule has 0 aliphatic heterocycles. The van der Waals surface area contributed by atoms with Crippen LogP contribution < -0.4 is 20.7 Å². The third-order valence-electron chi connectivity index (χ3n) is 5.65. The first kappa shape index (κ1) is 25.6. The van der Waals surface area contributed by atoms with E-state index in [0.717, 1.165) is 10.9 Å². The summed E-state index contributed by atoms with van der Waals surface area (Å²) < 4.78 is 44.1. The van der Waals surface area contributed by atoms with Gasteiger partial charge in [0.1, 0.15) is 6.07 Å². The highest BCUT2D eigenvalue weighted by Crippen LogP contribution is 2.39. The van der Waals surface area contributed by atoms with Gasteiger partial charge in [0.2, 0.25) is 5.95 Å². The van der Waals surface area contributed by atoms with Gasteiger partial charge < -0.3 is 30.6 Å². The molecule has 0 atom stereocenters. The molecule has 0 aliphatic rings. The van der Waals surface area contributed by atoms with Crippen LogP contribution in [0.1, 0.15) is 5.56 Å². The van der Waals surface area contributed by atoms with Gasteiger partial charge in [0.15, 0.2) is 5.75 Å². The molecule has 0 bridgehead atoms. The summed E-state index contributed by atoms with van der Waals surface area (Å²) in [5.74, 6) is -0.519. The van der Waals surface area contributed by atoms with Crippen LogP contribution in [0.25, 0.3) is 22.2 Å². The summed E-state index contributed by atoms with van der Waals surface area (Å²) in [6, 6.07) is 12.1. The minimum atomic E-state index is -4.94. The van der Waals surface area contributed by atoms with Gasteiger partial charge in [0, 0.05) is 48.9 Å². The first-order valence-corrected chi connectivity index (χ1v) is 11.2. The number of nitrogens with zero attached hydrogens (tertiary/aromatic N) is 5. The Morgan fingerprint density at radius 2 is 1.92 bits per heavy atom. The average molecular weight is 511 g/mol. The number of nitriles is 1. The number of ether oxygens (including phenoxy) is 1. The SMILES string of the molecule is CN(C)CCN(C)c1cc(OC(F)(F)F)c(Nc2ncc(C#N)c(-c3c[nH]c4ccccc34)n2)cc1N. The molecule has 12 heteroatoms. The van der Waals surface area contributed by atoms with Gasteiger partial charge in [-0.3, -0.25) is 0 Å². The lowest BCUT2D eigenvalue weighted by Gasteiger charge is -2.25. The number of alkyl halides is 3. The molecule has 0 radical (unpaired) electrons. The second kappa shape index (κ2) is 10.2. The van der Waals surface area contributed by atoms with Crippen molar-refractivity contribution in [2.24, 2.45) is 0 Å². The maximum atomic E-state index is 13.3. The summed E-state index contributed by atoms with van der Waals surface area (Å²) in [7, 11) is 5.52. The zero-order valence-electron chi connectivity index (χ0n) is 20.4. The number of nitrogens with two attached hydrogens (primary N) is 1. The number of rotatable bonds is 8. The monoisotopic (exact) mass is 510 g/mol. The maximum Gasteiger partial charge on any atom is 0.573 e. The van der Waals surface area contributed by atoms with E-state index in [-0.39, 0.29) is 22.9 Å². The van der Waals surface area contributed by atoms with E-state index in [2.05, 4.69) is 31.1 Å². The minimum absolute atomic E-state index is 0.0283. The first-order chi connectivity index (χ1) is 17.6. The van der Waals surface area contributed by atoms with Gasteiger partial charge >= 0.3 is 6.36 Å². The van der Waals surface area contributed by atoms with Crippen LogP contribution >= 0.6 is 0 Å². The predicted molar refractivity (Wildman–Crippen MR) is 137 cm³/mol. The fourth-order valence-electron chi connectivity index (χ4n) is 3.81. The van der Waals surface area contributed by atoms with Gasteiger partial charge in [0.05, 0.1) is 34.5 Å². The number of hydrogen-bond acceptors (Lipinski definition) is 8. The van der Waals surface area contributed by atoms with Crippen LogP contribution in [0.4, 0.5) is 36.2 Å². The van der Waals surface area contributed by atoms with Crippen LogP contribution in [0.2, 0.25) is 0 Å². The standard InChI is InChI=1S/C25H25F3N8O/c1-35(2)8-9-36(3)21-11-22(37-25(26,27)28)20(10-18(21)30)33-24-32-13-15(12-29)23(34-24)17-14-31-19-7-5-4-6-16(17)19/h4-7,10-11,13-14,31H,8-9,30H2,1-3H3,(H,32,33,34). The van der Waals surface area contributed by atoms with E-state index >= 15 is 0 Å². The van der Waals surface area contributed by atoms with Crippen LogP contribution in [0.15, 0.2) is 48.8 Å². The highest BCUT2D eigenvalue weighted by atomic mass is 19.4. The van der Waals surface area contributed by atoms with E-state index in [0.29, 0.717) is 30.0 Å². The fourth-order valence-corrected chi connectivity index (χ4v) is 3.81. The summed E-state index contributed by atoms with van der Waals surface area (Å²) in [6.45, 7) is 1.20. The number of aromatic amines is 1. The number of likely N-dealkylation sites (N-methyl/N-ethyl adjacent to an activating group) is 2. The van der Waals surface area contributed by atoms with E-state index in [1.807, 2.05) is 43.3 Å².